The summed E-state index contributed by atoms with van der Waals surface area (Å²) in [5.41, 5.74) is 1.58. The lowest BCUT2D eigenvalue weighted by Crippen LogP contribution is -2.15. The first-order valence-electron chi connectivity index (χ1n) is 6.77. The molecule has 0 unspecified atom stereocenters. The van der Waals surface area contributed by atoms with Gasteiger partial charge in [0.15, 0.2) is 0 Å². The van der Waals surface area contributed by atoms with Gasteiger partial charge in [0.1, 0.15) is 5.82 Å². The number of aryl methyl sites for hydroxylation is 1. The summed E-state index contributed by atoms with van der Waals surface area (Å²) >= 11 is 1.24. The molecule has 0 atom stereocenters. The second-order valence-electron chi connectivity index (χ2n) is 4.59. The monoisotopic (exact) mass is 327 g/mol. The maximum atomic E-state index is 12.0. The van der Waals surface area contributed by atoms with Crippen molar-refractivity contribution in [2.75, 3.05) is 11.1 Å². The fraction of sp³-hybridized carbons (Fsp3) is 0.143. The predicted molar refractivity (Wildman–Crippen MR) is 85.3 cm³/mol. The van der Waals surface area contributed by atoms with Gasteiger partial charge in [0.25, 0.3) is 0 Å². The van der Waals surface area contributed by atoms with Crippen LogP contribution >= 0.6 is 11.8 Å². The lowest BCUT2D eigenvalue weighted by molar-refractivity contribution is -0.113. The number of aromatic nitrogens is 6. The Morgan fingerprint density at radius 3 is 3.00 bits per heavy atom. The standard InChI is InChI=1S/C14H13N7OS/c1-10-4-2-6-12(16-10)17-13(22)9-23-14-18-19-20-21(14)11-5-3-7-15-8-11/h2-8H,9H2,1H3,(H,16,17,22). The second-order valence-corrected chi connectivity index (χ2v) is 5.53. The van der Waals surface area contributed by atoms with Crippen LogP contribution in [0.15, 0.2) is 47.9 Å². The van der Waals surface area contributed by atoms with Gasteiger partial charge in [0, 0.05) is 11.9 Å². The van der Waals surface area contributed by atoms with E-state index in [0.29, 0.717) is 11.0 Å². The molecule has 3 aromatic heterocycles. The molecule has 23 heavy (non-hydrogen) atoms. The molecule has 0 aromatic carbocycles. The highest BCUT2D eigenvalue weighted by Gasteiger charge is 2.12. The molecule has 3 heterocycles. The van der Waals surface area contributed by atoms with Gasteiger partial charge in [-0.25, -0.2) is 4.98 Å². The summed E-state index contributed by atoms with van der Waals surface area (Å²) in [6, 6.07) is 9.08. The van der Waals surface area contributed by atoms with E-state index in [2.05, 4.69) is 30.8 Å². The second kappa shape index (κ2) is 6.97. The molecule has 0 aliphatic carbocycles. The van der Waals surface area contributed by atoms with E-state index < -0.39 is 0 Å². The van der Waals surface area contributed by atoms with Gasteiger partial charge in [-0.1, -0.05) is 17.8 Å². The van der Waals surface area contributed by atoms with Crippen LogP contribution in [-0.2, 0) is 4.79 Å². The van der Waals surface area contributed by atoms with Crippen LogP contribution in [0.3, 0.4) is 0 Å². The average molecular weight is 327 g/mol. The van der Waals surface area contributed by atoms with Crippen LogP contribution in [0.1, 0.15) is 5.69 Å². The summed E-state index contributed by atoms with van der Waals surface area (Å²) in [6.45, 7) is 1.87. The first kappa shape index (κ1) is 15.1. The SMILES string of the molecule is Cc1cccc(NC(=O)CSc2nnnn2-c2cccnc2)n1. The molecule has 0 saturated heterocycles. The predicted octanol–water partition coefficient (Wildman–Crippen LogP) is 1.49. The minimum Gasteiger partial charge on any atom is -0.310 e. The Kier molecular flexibility index (Phi) is 4.57. The number of amides is 1. The number of hydrogen-bond acceptors (Lipinski definition) is 7. The number of carbonyl (C=O) groups is 1. The Morgan fingerprint density at radius 1 is 1.30 bits per heavy atom. The Labute approximate surface area is 136 Å². The lowest BCUT2D eigenvalue weighted by Gasteiger charge is -2.05. The molecule has 3 aromatic rings. The van der Waals surface area contributed by atoms with Crippen molar-refractivity contribution < 1.29 is 4.79 Å². The van der Waals surface area contributed by atoms with Gasteiger partial charge in [-0.3, -0.25) is 9.78 Å². The third-order valence-electron chi connectivity index (χ3n) is 2.82. The number of tetrazole rings is 1. The smallest absolute Gasteiger partial charge is 0.236 e. The van der Waals surface area contributed by atoms with Crippen molar-refractivity contribution in [1.82, 2.24) is 30.2 Å². The summed E-state index contributed by atoms with van der Waals surface area (Å²) < 4.78 is 1.54. The van der Waals surface area contributed by atoms with Crippen LogP contribution in [-0.4, -0.2) is 41.8 Å². The zero-order chi connectivity index (χ0) is 16.1. The fourth-order valence-corrected chi connectivity index (χ4v) is 2.52. The molecule has 0 bridgehead atoms. The van der Waals surface area contributed by atoms with Crippen LogP contribution in [0, 0.1) is 6.92 Å². The van der Waals surface area contributed by atoms with Crippen molar-refractivity contribution in [3.63, 3.8) is 0 Å². The van der Waals surface area contributed by atoms with Crippen molar-refractivity contribution in [2.45, 2.75) is 12.1 Å². The number of nitrogens with one attached hydrogen (secondary N) is 1. The molecule has 0 radical (unpaired) electrons. The van der Waals surface area contributed by atoms with E-state index in [1.807, 2.05) is 25.1 Å². The molecule has 0 aliphatic rings. The molecule has 0 aliphatic heterocycles. The van der Waals surface area contributed by atoms with E-state index in [4.69, 9.17) is 0 Å². The summed E-state index contributed by atoms with van der Waals surface area (Å²) in [7, 11) is 0. The average Bonchev–Trinajstić information content (AvgIpc) is 3.02. The summed E-state index contributed by atoms with van der Waals surface area (Å²) in [4.78, 5) is 20.3. The summed E-state index contributed by atoms with van der Waals surface area (Å²) in [6.07, 6.45) is 3.32. The molecule has 9 heteroatoms. The molecule has 0 saturated carbocycles. The van der Waals surface area contributed by atoms with Crippen molar-refractivity contribution >= 4 is 23.5 Å². The van der Waals surface area contributed by atoms with Gasteiger partial charge < -0.3 is 5.32 Å². The first-order chi connectivity index (χ1) is 11.2. The van der Waals surface area contributed by atoms with Crippen molar-refractivity contribution in [3.8, 4) is 5.69 Å². The highest BCUT2D eigenvalue weighted by atomic mass is 32.2. The molecule has 1 amide bonds. The van der Waals surface area contributed by atoms with Gasteiger partial charge in [-0.15, -0.1) is 5.10 Å². The molecule has 116 valence electrons. The van der Waals surface area contributed by atoms with Crippen molar-refractivity contribution in [2.24, 2.45) is 0 Å². The van der Waals surface area contributed by atoms with Crippen LogP contribution in [0.25, 0.3) is 5.69 Å². The molecule has 0 spiro atoms. The first-order valence-corrected chi connectivity index (χ1v) is 7.76. The maximum Gasteiger partial charge on any atom is 0.236 e. The number of thioether (sulfide) groups is 1. The van der Waals surface area contributed by atoms with E-state index in [0.717, 1.165) is 11.4 Å². The van der Waals surface area contributed by atoms with Crippen LogP contribution in [0.4, 0.5) is 5.82 Å². The molecular weight excluding hydrogens is 314 g/mol. The topological polar surface area (TPSA) is 98.5 Å². The van der Waals surface area contributed by atoms with Crippen LogP contribution in [0.2, 0.25) is 0 Å². The number of rotatable bonds is 5. The summed E-state index contributed by atoms with van der Waals surface area (Å²) in [5.74, 6) is 0.535. The number of anilines is 1. The lowest BCUT2D eigenvalue weighted by atomic mass is 10.4. The number of nitrogens with zero attached hydrogens (tertiary/aromatic N) is 6. The Bertz CT molecular complexity index is 806. The zero-order valence-corrected chi connectivity index (χ0v) is 13.1. The quantitative estimate of drug-likeness (QED) is 0.709. The van der Waals surface area contributed by atoms with E-state index in [1.54, 1.807) is 24.5 Å². The fourth-order valence-electron chi connectivity index (χ4n) is 1.83. The van der Waals surface area contributed by atoms with E-state index in [1.165, 1.54) is 16.4 Å². The van der Waals surface area contributed by atoms with Gasteiger partial charge in [-0.05, 0) is 41.6 Å². The van der Waals surface area contributed by atoms with Crippen molar-refractivity contribution in [1.29, 1.82) is 0 Å². The minimum absolute atomic E-state index is 0.172. The highest BCUT2D eigenvalue weighted by Crippen LogP contribution is 2.17. The van der Waals surface area contributed by atoms with Gasteiger partial charge >= 0.3 is 0 Å². The highest BCUT2D eigenvalue weighted by molar-refractivity contribution is 7.99. The van der Waals surface area contributed by atoms with E-state index in [9.17, 15) is 4.79 Å². The van der Waals surface area contributed by atoms with Gasteiger partial charge in [0.05, 0.1) is 17.6 Å². The number of carbonyl (C=O) groups excluding carboxylic acids is 1. The van der Waals surface area contributed by atoms with Crippen LogP contribution in [0.5, 0.6) is 0 Å². The van der Waals surface area contributed by atoms with Crippen molar-refractivity contribution in [3.05, 3.63) is 48.4 Å². The molecule has 1 N–H and O–H groups in total. The minimum atomic E-state index is -0.172. The third-order valence-corrected chi connectivity index (χ3v) is 3.74. The Balaban J connectivity index is 1.63. The maximum absolute atomic E-state index is 12.0. The Morgan fingerprint density at radius 2 is 2.22 bits per heavy atom. The molecule has 3 rings (SSSR count). The molecule has 0 fully saturated rings. The zero-order valence-electron chi connectivity index (χ0n) is 12.2. The van der Waals surface area contributed by atoms with Gasteiger partial charge in [0.2, 0.25) is 11.1 Å². The van der Waals surface area contributed by atoms with E-state index >= 15 is 0 Å². The third kappa shape index (κ3) is 3.89. The van der Waals surface area contributed by atoms with E-state index in [-0.39, 0.29) is 11.7 Å². The number of pyridine rings is 2. The van der Waals surface area contributed by atoms with Crippen LogP contribution < -0.4 is 5.32 Å². The normalized spacial score (nSPS) is 10.5. The largest absolute Gasteiger partial charge is 0.310 e. The number of hydrogen-bond donors (Lipinski definition) is 1. The van der Waals surface area contributed by atoms with Gasteiger partial charge in [-0.2, -0.15) is 4.68 Å². The molecular formula is C14H13N7OS. The molecule has 8 nitrogen and oxygen atoms in total. The Hall–Kier alpha value is -2.81. The summed E-state index contributed by atoms with van der Waals surface area (Å²) in [5, 5.41) is 14.7.